The molecule has 1 unspecified atom stereocenters. The zero-order chi connectivity index (χ0) is 12.1. The van der Waals surface area contributed by atoms with Gasteiger partial charge in [-0.25, -0.2) is 0 Å². The normalized spacial score (nSPS) is 12.6. The van der Waals surface area contributed by atoms with Crippen molar-refractivity contribution in [2.75, 3.05) is 13.7 Å². The van der Waals surface area contributed by atoms with E-state index in [1.165, 1.54) is 0 Å². The molecule has 0 saturated carbocycles. The molecule has 90 valence electrons. The molecule has 0 spiro atoms. The van der Waals surface area contributed by atoms with Crippen LogP contribution in [0.15, 0.2) is 12.1 Å². The first kappa shape index (κ1) is 13.6. The van der Waals surface area contributed by atoms with Gasteiger partial charge < -0.3 is 16.2 Å². The average Bonchev–Trinajstić information content (AvgIpc) is 2.28. The van der Waals surface area contributed by atoms with Crippen molar-refractivity contribution in [3.05, 3.63) is 27.7 Å². The van der Waals surface area contributed by atoms with Crippen molar-refractivity contribution in [3.8, 4) is 5.75 Å². The van der Waals surface area contributed by atoms with Crippen LogP contribution in [0.25, 0.3) is 0 Å². The molecule has 0 aromatic heterocycles. The Morgan fingerprint density at radius 3 is 2.56 bits per heavy atom. The average molecular weight is 263 g/mol. The summed E-state index contributed by atoms with van der Waals surface area (Å²) in [4.78, 5) is 0. The van der Waals surface area contributed by atoms with Gasteiger partial charge in [-0.3, -0.25) is 0 Å². The van der Waals surface area contributed by atoms with Gasteiger partial charge in [-0.15, -0.1) is 0 Å². The Morgan fingerprint density at radius 1 is 1.31 bits per heavy atom. The summed E-state index contributed by atoms with van der Waals surface area (Å²) in [5.74, 6) is 0.557. The second-order valence-corrected chi connectivity index (χ2v) is 4.36. The summed E-state index contributed by atoms with van der Waals surface area (Å²) in [5.41, 5.74) is 12.3. The number of rotatable bonds is 5. The quantitative estimate of drug-likeness (QED) is 0.858. The smallest absolute Gasteiger partial charge is 0.138 e. The molecule has 1 atom stereocenters. The Morgan fingerprint density at radius 2 is 2.00 bits per heavy atom. The van der Waals surface area contributed by atoms with Gasteiger partial charge in [-0.1, -0.05) is 23.2 Å². The molecular weight excluding hydrogens is 247 g/mol. The molecule has 0 aliphatic rings. The van der Waals surface area contributed by atoms with Gasteiger partial charge in [0.25, 0.3) is 0 Å². The van der Waals surface area contributed by atoms with E-state index < -0.39 is 0 Å². The first-order chi connectivity index (χ1) is 7.60. The lowest BCUT2D eigenvalue weighted by Gasteiger charge is -2.15. The summed E-state index contributed by atoms with van der Waals surface area (Å²) in [5, 5.41) is 1.09. The Bertz CT molecular complexity index is 358. The van der Waals surface area contributed by atoms with Crippen LogP contribution in [0.3, 0.4) is 0 Å². The van der Waals surface area contributed by atoms with E-state index >= 15 is 0 Å². The van der Waals surface area contributed by atoms with Gasteiger partial charge in [-0.2, -0.15) is 0 Å². The summed E-state index contributed by atoms with van der Waals surface area (Å²) >= 11 is 12.1. The molecule has 0 heterocycles. The SMILES string of the molecule is COc1cc(Cl)c(C(N)CCCN)cc1Cl. The molecule has 4 N–H and O–H groups in total. The van der Waals surface area contributed by atoms with Crippen molar-refractivity contribution in [2.45, 2.75) is 18.9 Å². The Balaban J connectivity index is 2.92. The minimum Gasteiger partial charge on any atom is -0.495 e. The molecule has 16 heavy (non-hydrogen) atoms. The van der Waals surface area contributed by atoms with Crippen molar-refractivity contribution in [3.63, 3.8) is 0 Å². The molecule has 0 fully saturated rings. The van der Waals surface area contributed by atoms with Gasteiger partial charge in [0.15, 0.2) is 0 Å². The highest BCUT2D eigenvalue weighted by Gasteiger charge is 2.13. The number of ether oxygens (including phenoxy) is 1. The Hall–Kier alpha value is -0.480. The molecule has 5 heteroatoms. The number of methoxy groups -OCH3 is 1. The molecular formula is C11H16Cl2N2O. The summed E-state index contributed by atoms with van der Waals surface area (Å²) in [6.45, 7) is 0.620. The highest BCUT2D eigenvalue weighted by molar-refractivity contribution is 6.34. The first-order valence-corrected chi connectivity index (χ1v) is 5.84. The van der Waals surface area contributed by atoms with E-state index in [0.29, 0.717) is 22.3 Å². The van der Waals surface area contributed by atoms with Crippen molar-refractivity contribution in [1.29, 1.82) is 0 Å². The van der Waals surface area contributed by atoms with E-state index in [0.717, 1.165) is 18.4 Å². The lowest BCUT2D eigenvalue weighted by molar-refractivity contribution is 0.414. The fourth-order valence-corrected chi connectivity index (χ4v) is 2.02. The van der Waals surface area contributed by atoms with Crippen molar-refractivity contribution < 1.29 is 4.74 Å². The predicted molar refractivity (Wildman–Crippen MR) is 68.2 cm³/mol. The third-order valence-electron chi connectivity index (χ3n) is 2.39. The van der Waals surface area contributed by atoms with Gasteiger partial charge in [0.2, 0.25) is 0 Å². The summed E-state index contributed by atoms with van der Waals surface area (Å²) in [6.07, 6.45) is 1.65. The van der Waals surface area contributed by atoms with Gasteiger partial charge in [0.1, 0.15) is 5.75 Å². The van der Waals surface area contributed by atoms with Crippen LogP contribution in [0, 0.1) is 0 Å². The van der Waals surface area contributed by atoms with Crippen molar-refractivity contribution in [1.82, 2.24) is 0 Å². The molecule has 0 bridgehead atoms. The van der Waals surface area contributed by atoms with E-state index in [4.69, 9.17) is 39.4 Å². The minimum atomic E-state index is -0.139. The molecule has 0 radical (unpaired) electrons. The molecule has 0 saturated heterocycles. The standard InChI is InChI=1S/C11H16Cl2N2O/c1-16-11-6-8(12)7(5-9(11)13)10(15)3-2-4-14/h5-6,10H,2-4,14-15H2,1H3. The molecule has 1 aromatic carbocycles. The van der Waals surface area contributed by atoms with Gasteiger partial charge in [-0.05, 0) is 31.0 Å². The number of hydrogen-bond acceptors (Lipinski definition) is 3. The Kier molecular flexibility index (Phi) is 5.35. The third-order valence-corrected chi connectivity index (χ3v) is 3.01. The van der Waals surface area contributed by atoms with Gasteiger partial charge in [0.05, 0.1) is 12.1 Å². The zero-order valence-electron chi connectivity index (χ0n) is 9.17. The molecule has 0 aliphatic carbocycles. The van der Waals surface area contributed by atoms with Crippen LogP contribution in [0.4, 0.5) is 0 Å². The molecule has 3 nitrogen and oxygen atoms in total. The molecule has 0 amide bonds. The topological polar surface area (TPSA) is 61.3 Å². The van der Waals surface area contributed by atoms with Crippen LogP contribution in [0.5, 0.6) is 5.75 Å². The predicted octanol–water partition coefficient (Wildman–Crippen LogP) is 2.74. The van der Waals surface area contributed by atoms with E-state index in [1.807, 2.05) is 0 Å². The highest BCUT2D eigenvalue weighted by atomic mass is 35.5. The van der Waals surface area contributed by atoms with Crippen LogP contribution in [0.1, 0.15) is 24.4 Å². The summed E-state index contributed by atoms with van der Waals surface area (Å²) in [7, 11) is 1.55. The number of halogens is 2. The second-order valence-electron chi connectivity index (χ2n) is 3.55. The van der Waals surface area contributed by atoms with E-state index in [9.17, 15) is 0 Å². The zero-order valence-corrected chi connectivity index (χ0v) is 10.7. The third kappa shape index (κ3) is 3.25. The lowest BCUT2D eigenvalue weighted by atomic mass is 10.0. The first-order valence-electron chi connectivity index (χ1n) is 5.08. The largest absolute Gasteiger partial charge is 0.495 e. The van der Waals surface area contributed by atoms with E-state index in [1.54, 1.807) is 19.2 Å². The van der Waals surface area contributed by atoms with Crippen LogP contribution in [0.2, 0.25) is 10.0 Å². The molecule has 1 aromatic rings. The van der Waals surface area contributed by atoms with Crippen molar-refractivity contribution >= 4 is 23.2 Å². The lowest BCUT2D eigenvalue weighted by Crippen LogP contribution is -2.13. The summed E-state index contributed by atoms with van der Waals surface area (Å²) < 4.78 is 5.06. The maximum Gasteiger partial charge on any atom is 0.138 e. The molecule has 0 aliphatic heterocycles. The summed E-state index contributed by atoms with van der Waals surface area (Å²) in [6, 6.07) is 3.30. The Labute approximate surface area is 106 Å². The fourth-order valence-electron chi connectivity index (χ4n) is 1.48. The van der Waals surface area contributed by atoms with E-state index in [-0.39, 0.29) is 6.04 Å². The number of hydrogen-bond donors (Lipinski definition) is 2. The maximum absolute atomic E-state index is 6.10. The fraction of sp³-hybridized carbons (Fsp3) is 0.455. The van der Waals surface area contributed by atoms with Crippen molar-refractivity contribution in [2.24, 2.45) is 11.5 Å². The van der Waals surface area contributed by atoms with Gasteiger partial charge >= 0.3 is 0 Å². The minimum absolute atomic E-state index is 0.139. The van der Waals surface area contributed by atoms with Crippen LogP contribution in [-0.2, 0) is 0 Å². The number of benzene rings is 1. The van der Waals surface area contributed by atoms with Crippen LogP contribution < -0.4 is 16.2 Å². The molecule has 1 rings (SSSR count). The van der Waals surface area contributed by atoms with Gasteiger partial charge in [0, 0.05) is 17.1 Å². The highest BCUT2D eigenvalue weighted by Crippen LogP contribution is 2.34. The number of nitrogens with two attached hydrogens (primary N) is 2. The van der Waals surface area contributed by atoms with Crippen LogP contribution in [-0.4, -0.2) is 13.7 Å². The second kappa shape index (κ2) is 6.30. The monoisotopic (exact) mass is 262 g/mol. The maximum atomic E-state index is 6.10. The van der Waals surface area contributed by atoms with E-state index in [2.05, 4.69) is 0 Å². The van der Waals surface area contributed by atoms with Crippen LogP contribution >= 0.6 is 23.2 Å².